The Morgan fingerprint density at radius 2 is 1.56 bits per heavy atom. The molecular weight excluding hydrogens is 439 g/mol. The van der Waals surface area contributed by atoms with Crippen LogP contribution in [0.5, 0.6) is 11.5 Å². The Morgan fingerprint density at radius 1 is 0.853 bits per heavy atom. The molecule has 8 heteroatoms. The maximum atomic E-state index is 13.3. The molecule has 2 heterocycles. The van der Waals surface area contributed by atoms with E-state index in [2.05, 4.69) is 0 Å². The van der Waals surface area contributed by atoms with Crippen LogP contribution in [-0.4, -0.2) is 73.2 Å². The number of amides is 2. The Kier molecular flexibility index (Phi) is 8.00. The summed E-state index contributed by atoms with van der Waals surface area (Å²) < 4.78 is 31.0. The topological polar surface area (TPSA) is 68.3 Å². The van der Waals surface area contributed by atoms with Gasteiger partial charge < -0.3 is 24.0 Å². The summed E-state index contributed by atoms with van der Waals surface area (Å²) in [5, 5.41) is 0. The van der Waals surface area contributed by atoms with Gasteiger partial charge in [-0.3, -0.25) is 9.59 Å². The lowest BCUT2D eigenvalue weighted by Gasteiger charge is -2.43. The highest BCUT2D eigenvalue weighted by atomic mass is 19.1. The van der Waals surface area contributed by atoms with Crippen LogP contribution in [0.25, 0.3) is 0 Å². The fraction of sp³-hybridized carbons (Fsp3) is 0.462. The number of carbonyl (C=O) groups excluding carboxylic acids is 2. The molecule has 1 atom stereocenters. The van der Waals surface area contributed by atoms with Gasteiger partial charge in [-0.05, 0) is 55.7 Å². The number of hydrogen-bond acceptors (Lipinski definition) is 5. The molecule has 4 rings (SSSR count). The number of nitrogens with zero attached hydrogens (tertiary/aromatic N) is 2. The molecule has 0 N–H and O–H groups in total. The average Bonchev–Trinajstić information content (AvgIpc) is 2.88. The van der Waals surface area contributed by atoms with E-state index in [1.807, 2.05) is 23.1 Å². The Labute approximate surface area is 199 Å². The number of rotatable bonds is 8. The van der Waals surface area contributed by atoms with E-state index in [-0.39, 0.29) is 50.4 Å². The Hall–Kier alpha value is -3.13. The first-order chi connectivity index (χ1) is 16.5. The number of ether oxygens (including phenoxy) is 3. The second-order valence-electron chi connectivity index (χ2n) is 8.81. The van der Waals surface area contributed by atoms with Crippen molar-refractivity contribution in [1.82, 2.24) is 9.80 Å². The average molecular weight is 471 g/mol. The van der Waals surface area contributed by atoms with E-state index < -0.39 is 5.60 Å². The minimum atomic E-state index is -0.996. The van der Waals surface area contributed by atoms with Crippen molar-refractivity contribution in [3.8, 4) is 11.5 Å². The third kappa shape index (κ3) is 6.47. The maximum Gasteiger partial charge on any atom is 0.260 e. The number of morpholine rings is 1. The Bertz CT molecular complexity index is 949. The molecule has 182 valence electrons. The van der Waals surface area contributed by atoms with Gasteiger partial charge in [0, 0.05) is 19.6 Å². The molecule has 2 aromatic rings. The summed E-state index contributed by atoms with van der Waals surface area (Å²) in [6, 6.07) is 14.9. The molecule has 2 aromatic carbocycles. The second kappa shape index (κ2) is 11.3. The summed E-state index contributed by atoms with van der Waals surface area (Å²) in [5.74, 6) is 0.563. The molecule has 2 fully saturated rings. The number of benzene rings is 2. The van der Waals surface area contributed by atoms with Crippen molar-refractivity contribution in [2.45, 2.75) is 31.3 Å². The van der Waals surface area contributed by atoms with Crippen molar-refractivity contribution < 1.29 is 28.2 Å². The lowest BCUT2D eigenvalue weighted by molar-refractivity contribution is -0.167. The molecular formula is C26H31FN2O5. The Morgan fingerprint density at radius 3 is 2.29 bits per heavy atom. The number of likely N-dealkylation sites (tertiary alicyclic amines) is 1. The maximum absolute atomic E-state index is 13.3. The SMILES string of the molecule is O=C(CC1(COc2ccc(F)cc2)CN(C(=O)COc2ccccc2)CCO1)N1CCCCC1. The van der Waals surface area contributed by atoms with Crippen molar-refractivity contribution in [3.05, 3.63) is 60.4 Å². The van der Waals surface area contributed by atoms with Gasteiger partial charge >= 0.3 is 0 Å². The van der Waals surface area contributed by atoms with Crippen molar-refractivity contribution >= 4 is 11.8 Å². The van der Waals surface area contributed by atoms with E-state index in [0.717, 1.165) is 32.4 Å². The molecule has 2 saturated heterocycles. The zero-order chi connectivity index (χ0) is 23.8. The first kappa shape index (κ1) is 24.0. The lowest BCUT2D eigenvalue weighted by atomic mass is 9.96. The summed E-state index contributed by atoms with van der Waals surface area (Å²) in [4.78, 5) is 29.6. The number of para-hydroxylation sites is 1. The summed E-state index contributed by atoms with van der Waals surface area (Å²) in [5.41, 5.74) is -0.996. The third-order valence-corrected chi connectivity index (χ3v) is 6.20. The first-order valence-electron chi connectivity index (χ1n) is 11.8. The number of piperidine rings is 1. The van der Waals surface area contributed by atoms with Crippen LogP contribution in [0.1, 0.15) is 25.7 Å². The summed E-state index contributed by atoms with van der Waals surface area (Å²) in [7, 11) is 0. The van der Waals surface area contributed by atoms with Crippen LogP contribution in [0.3, 0.4) is 0 Å². The minimum Gasteiger partial charge on any atom is -0.490 e. The molecule has 2 aliphatic heterocycles. The molecule has 1 unspecified atom stereocenters. The van der Waals surface area contributed by atoms with Crippen LogP contribution in [-0.2, 0) is 14.3 Å². The molecule has 34 heavy (non-hydrogen) atoms. The van der Waals surface area contributed by atoms with Gasteiger partial charge in [0.05, 0.1) is 19.6 Å². The quantitative estimate of drug-likeness (QED) is 0.592. The van der Waals surface area contributed by atoms with Crippen LogP contribution in [0.4, 0.5) is 4.39 Å². The van der Waals surface area contributed by atoms with Gasteiger partial charge in [-0.15, -0.1) is 0 Å². The monoisotopic (exact) mass is 470 g/mol. The summed E-state index contributed by atoms with van der Waals surface area (Å²) in [6.07, 6.45) is 3.22. The van der Waals surface area contributed by atoms with E-state index in [1.165, 1.54) is 24.3 Å². The highest BCUT2D eigenvalue weighted by Crippen LogP contribution is 2.26. The van der Waals surface area contributed by atoms with E-state index in [0.29, 0.717) is 18.0 Å². The number of halogens is 1. The minimum absolute atomic E-state index is 0.00255. The second-order valence-corrected chi connectivity index (χ2v) is 8.81. The summed E-state index contributed by atoms with van der Waals surface area (Å²) >= 11 is 0. The van der Waals surface area contributed by atoms with E-state index in [4.69, 9.17) is 14.2 Å². The van der Waals surface area contributed by atoms with Gasteiger partial charge in [-0.1, -0.05) is 18.2 Å². The predicted molar refractivity (Wildman–Crippen MR) is 124 cm³/mol. The van der Waals surface area contributed by atoms with Gasteiger partial charge in [-0.2, -0.15) is 0 Å². The lowest BCUT2D eigenvalue weighted by Crippen LogP contribution is -2.59. The standard InChI is InChI=1S/C26H31FN2O5/c27-21-9-11-23(12-10-21)33-20-26(17-24(30)28-13-5-2-6-14-28)19-29(15-16-34-26)25(31)18-32-22-7-3-1-4-8-22/h1,3-4,7-12H,2,5-6,13-20H2. The van der Waals surface area contributed by atoms with E-state index >= 15 is 0 Å². The first-order valence-corrected chi connectivity index (χ1v) is 11.8. The van der Waals surface area contributed by atoms with Gasteiger partial charge in [0.2, 0.25) is 5.91 Å². The van der Waals surface area contributed by atoms with Crippen LogP contribution in [0.2, 0.25) is 0 Å². The van der Waals surface area contributed by atoms with Gasteiger partial charge in [-0.25, -0.2) is 4.39 Å². The van der Waals surface area contributed by atoms with Crippen molar-refractivity contribution in [3.63, 3.8) is 0 Å². The third-order valence-electron chi connectivity index (χ3n) is 6.20. The van der Waals surface area contributed by atoms with Gasteiger partial charge in [0.25, 0.3) is 5.91 Å². The van der Waals surface area contributed by atoms with Crippen LogP contribution >= 0.6 is 0 Å². The fourth-order valence-corrected chi connectivity index (χ4v) is 4.33. The largest absolute Gasteiger partial charge is 0.490 e. The smallest absolute Gasteiger partial charge is 0.260 e. The van der Waals surface area contributed by atoms with Crippen LogP contribution < -0.4 is 9.47 Å². The highest BCUT2D eigenvalue weighted by Gasteiger charge is 2.42. The van der Waals surface area contributed by atoms with Crippen molar-refractivity contribution in [2.75, 3.05) is 46.0 Å². The fourth-order valence-electron chi connectivity index (χ4n) is 4.33. The molecule has 0 radical (unpaired) electrons. The number of hydrogen-bond donors (Lipinski definition) is 0. The van der Waals surface area contributed by atoms with Crippen LogP contribution in [0, 0.1) is 5.82 Å². The predicted octanol–water partition coefficient (Wildman–Crippen LogP) is 3.28. The molecule has 0 aliphatic carbocycles. The molecule has 2 aliphatic rings. The van der Waals surface area contributed by atoms with Crippen molar-refractivity contribution in [2.24, 2.45) is 0 Å². The molecule has 0 aromatic heterocycles. The molecule has 2 amide bonds. The van der Waals surface area contributed by atoms with Crippen molar-refractivity contribution in [1.29, 1.82) is 0 Å². The van der Waals surface area contributed by atoms with Gasteiger partial charge in [0.1, 0.15) is 29.5 Å². The highest BCUT2D eigenvalue weighted by molar-refractivity contribution is 5.79. The summed E-state index contributed by atoms with van der Waals surface area (Å²) in [6.45, 7) is 2.36. The van der Waals surface area contributed by atoms with E-state index in [9.17, 15) is 14.0 Å². The molecule has 7 nitrogen and oxygen atoms in total. The zero-order valence-corrected chi connectivity index (χ0v) is 19.3. The van der Waals surface area contributed by atoms with E-state index in [1.54, 1.807) is 17.0 Å². The molecule has 0 spiro atoms. The Balaban J connectivity index is 1.44. The molecule has 0 saturated carbocycles. The molecule has 0 bridgehead atoms. The normalized spacial score (nSPS) is 20.6. The van der Waals surface area contributed by atoms with Gasteiger partial charge in [0.15, 0.2) is 6.61 Å². The number of carbonyl (C=O) groups is 2. The zero-order valence-electron chi connectivity index (χ0n) is 19.3. The van der Waals surface area contributed by atoms with Crippen LogP contribution in [0.15, 0.2) is 54.6 Å².